The van der Waals surface area contributed by atoms with Crippen molar-refractivity contribution in [3.8, 4) is 5.88 Å². The van der Waals surface area contributed by atoms with E-state index in [0.29, 0.717) is 21.4 Å². The van der Waals surface area contributed by atoms with E-state index in [0.717, 1.165) is 25.7 Å². The third-order valence-corrected chi connectivity index (χ3v) is 6.03. The van der Waals surface area contributed by atoms with Crippen LogP contribution in [0.15, 0.2) is 36.8 Å². The van der Waals surface area contributed by atoms with Gasteiger partial charge in [-0.3, -0.25) is 9.48 Å². The van der Waals surface area contributed by atoms with Crippen molar-refractivity contribution < 1.29 is 14.6 Å². The van der Waals surface area contributed by atoms with Gasteiger partial charge in [0.1, 0.15) is 11.7 Å². The minimum atomic E-state index is -0.478. The molecule has 0 saturated heterocycles. The molecule has 0 bridgehead atoms. The van der Waals surface area contributed by atoms with Crippen LogP contribution in [0.25, 0.3) is 0 Å². The van der Waals surface area contributed by atoms with Crippen molar-refractivity contribution in [2.75, 3.05) is 10.6 Å². The molecule has 3 aromatic rings. The van der Waals surface area contributed by atoms with Crippen LogP contribution < -0.4 is 15.4 Å². The molecule has 2 aliphatic carbocycles. The molecule has 2 aliphatic rings. The zero-order valence-corrected chi connectivity index (χ0v) is 18.3. The summed E-state index contributed by atoms with van der Waals surface area (Å²) in [5.41, 5.74) is 1.15. The average Bonchev–Trinajstić information content (AvgIpc) is 3.47. The quantitative estimate of drug-likeness (QED) is 0.469. The van der Waals surface area contributed by atoms with Crippen LogP contribution in [-0.4, -0.2) is 43.0 Å². The van der Waals surface area contributed by atoms with Gasteiger partial charge in [0.2, 0.25) is 11.8 Å². The van der Waals surface area contributed by atoms with Crippen molar-refractivity contribution in [1.29, 1.82) is 0 Å². The second kappa shape index (κ2) is 8.57. The molecule has 0 spiro atoms. The predicted octanol–water partition coefficient (Wildman–Crippen LogP) is 4.21. The summed E-state index contributed by atoms with van der Waals surface area (Å²) in [6.07, 6.45) is 7.94. The Morgan fingerprint density at radius 3 is 2.59 bits per heavy atom. The number of carbonyl (C=O) groups excluding carboxylic acids is 1. The van der Waals surface area contributed by atoms with Gasteiger partial charge in [0, 0.05) is 12.4 Å². The molecule has 0 radical (unpaired) electrons. The summed E-state index contributed by atoms with van der Waals surface area (Å²) in [4.78, 5) is 21.6. The van der Waals surface area contributed by atoms with Crippen molar-refractivity contribution in [3.05, 3.63) is 52.4 Å². The summed E-state index contributed by atoms with van der Waals surface area (Å²) in [6.45, 7) is 0. The first-order valence-corrected chi connectivity index (χ1v) is 11.0. The summed E-state index contributed by atoms with van der Waals surface area (Å²) in [5.74, 6) is -0.0387. The number of aliphatic hydroxyl groups excluding tert-OH is 1. The zero-order valence-electron chi connectivity index (χ0n) is 16.8. The fraction of sp³-hybridized carbons (Fsp3) is 0.333. The maximum atomic E-state index is 12.9. The van der Waals surface area contributed by atoms with E-state index in [-0.39, 0.29) is 35.6 Å². The molecule has 3 N–H and O–H groups in total. The van der Waals surface area contributed by atoms with Crippen molar-refractivity contribution in [2.24, 2.45) is 0 Å². The Morgan fingerprint density at radius 2 is 1.94 bits per heavy atom. The molecule has 2 fully saturated rings. The first-order valence-electron chi connectivity index (χ1n) is 10.3. The number of hydrogen-bond donors (Lipinski definition) is 3. The third kappa shape index (κ3) is 4.36. The SMILES string of the molecule is O=C(Nc1c(Cl)cccc1Cl)c1cnc(Nc2cnn([C@H]3CC[C@H]3O)c2)nc1OC1CC1. The van der Waals surface area contributed by atoms with Crippen LogP contribution in [0.1, 0.15) is 42.1 Å². The van der Waals surface area contributed by atoms with Crippen molar-refractivity contribution >= 4 is 46.4 Å². The molecule has 2 saturated carbocycles. The van der Waals surface area contributed by atoms with E-state index in [2.05, 4.69) is 25.7 Å². The molecule has 11 heteroatoms. The van der Waals surface area contributed by atoms with Crippen LogP contribution in [0.3, 0.4) is 0 Å². The highest BCUT2D eigenvalue weighted by Gasteiger charge is 2.31. The van der Waals surface area contributed by atoms with Crippen molar-refractivity contribution in [1.82, 2.24) is 19.7 Å². The number of rotatable bonds is 7. The molecular weight excluding hydrogens is 455 g/mol. The Kier molecular flexibility index (Phi) is 5.62. The Bertz CT molecular complexity index is 1150. The topological polar surface area (TPSA) is 114 Å². The number of ether oxygens (including phenoxy) is 1. The Hall–Kier alpha value is -2.88. The van der Waals surface area contributed by atoms with E-state index in [1.165, 1.54) is 6.20 Å². The normalized spacial score (nSPS) is 19.8. The number of aromatic nitrogens is 4. The summed E-state index contributed by atoms with van der Waals surface area (Å²) in [7, 11) is 0. The van der Waals surface area contributed by atoms with Crippen LogP contribution in [0.5, 0.6) is 5.88 Å². The maximum absolute atomic E-state index is 12.9. The Labute approximate surface area is 193 Å². The number of benzene rings is 1. The van der Waals surface area contributed by atoms with Gasteiger partial charge in [-0.2, -0.15) is 10.1 Å². The van der Waals surface area contributed by atoms with E-state index in [1.807, 2.05) is 0 Å². The summed E-state index contributed by atoms with van der Waals surface area (Å²) in [5, 5.41) is 20.5. The number of amides is 1. The summed E-state index contributed by atoms with van der Waals surface area (Å²) in [6, 6.07) is 4.95. The number of nitrogens with one attached hydrogen (secondary N) is 2. The molecule has 32 heavy (non-hydrogen) atoms. The van der Waals surface area contributed by atoms with Crippen LogP contribution in [-0.2, 0) is 0 Å². The fourth-order valence-corrected chi connectivity index (χ4v) is 3.79. The lowest BCUT2D eigenvalue weighted by Gasteiger charge is -2.32. The van der Waals surface area contributed by atoms with Gasteiger partial charge in [0.05, 0.1) is 39.8 Å². The molecule has 9 nitrogen and oxygen atoms in total. The van der Waals surface area contributed by atoms with Crippen LogP contribution in [0.4, 0.5) is 17.3 Å². The number of carbonyl (C=O) groups is 1. The first-order chi connectivity index (χ1) is 15.5. The van der Waals surface area contributed by atoms with Gasteiger partial charge >= 0.3 is 0 Å². The molecule has 2 atom stereocenters. The first kappa shape index (κ1) is 21.0. The number of anilines is 3. The number of halogens is 2. The van der Waals surface area contributed by atoms with Gasteiger partial charge < -0.3 is 20.5 Å². The van der Waals surface area contributed by atoms with Crippen molar-refractivity contribution in [2.45, 2.75) is 43.9 Å². The third-order valence-electron chi connectivity index (χ3n) is 5.40. The molecule has 0 aliphatic heterocycles. The summed E-state index contributed by atoms with van der Waals surface area (Å²) >= 11 is 12.3. The van der Waals surface area contributed by atoms with E-state index < -0.39 is 5.91 Å². The van der Waals surface area contributed by atoms with Gasteiger partial charge in [0.25, 0.3) is 5.91 Å². The molecule has 2 aromatic heterocycles. The van der Waals surface area contributed by atoms with Crippen LogP contribution in [0.2, 0.25) is 10.0 Å². The zero-order chi connectivity index (χ0) is 22.2. The molecular formula is C21H20Cl2N6O3. The molecule has 0 unspecified atom stereocenters. The van der Waals surface area contributed by atoms with Crippen molar-refractivity contribution in [3.63, 3.8) is 0 Å². The molecule has 166 valence electrons. The summed E-state index contributed by atoms with van der Waals surface area (Å²) < 4.78 is 7.60. The lowest BCUT2D eigenvalue weighted by Crippen LogP contribution is -2.33. The maximum Gasteiger partial charge on any atom is 0.262 e. The van der Waals surface area contributed by atoms with Gasteiger partial charge in [-0.15, -0.1) is 0 Å². The number of aliphatic hydroxyl groups is 1. The number of hydrogen-bond acceptors (Lipinski definition) is 7. The van der Waals surface area contributed by atoms with E-state index in [9.17, 15) is 9.90 Å². The smallest absolute Gasteiger partial charge is 0.262 e. The van der Waals surface area contributed by atoms with Gasteiger partial charge in [-0.05, 0) is 37.8 Å². The molecule has 2 heterocycles. The standard InChI is InChI=1S/C21H20Cl2N6O3/c22-14-2-1-3-15(23)18(14)27-19(31)13-9-24-21(28-20(13)32-12-4-5-12)26-11-8-25-29(10-11)16-6-7-17(16)30/h1-3,8-10,12,16-17,30H,4-7H2,(H,27,31)(H,24,26,28)/t16-,17+/m0/s1. The minimum Gasteiger partial charge on any atom is -0.474 e. The second-order valence-electron chi connectivity index (χ2n) is 7.83. The van der Waals surface area contributed by atoms with Gasteiger partial charge in [-0.25, -0.2) is 4.98 Å². The molecule has 5 rings (SSSR count). The van der Waals surface area contributed by atoms with Gasteiger partial charge in [0.15, 0.2) is 0 Å². The Balaban J connectivity index is 1.36. The van der Waals surface area contributed by atoms with Crippen LogP contribution >= 0.6 is 23.2 Å². The lowest BCUT2D eigenvalue weighted by atomic mass is 9.89. The Morgan fingerprint density at radius 1 is 1.16 bits per heavy atom. The fourth-order valence-electron chi connectivity index (χ4n) is 3.30. The molecule has 1 amide bonds. The monoisotopic (exact) mass is 474 g/mol. The number of nitrogens with zero attached hydrogens (tertiary/aromatic N) is 4. The number of para-hydroxylation sites is 1. The highest BCUT2D eigenvalue weighted by molar-refractivity contribution is 6.40. The lowest BCUT2D eigenvalue weighted by molar-refractivity contribution is 0.0254. The largest absolute Gasteiger partial charge is 0.474 e. The van der Waals surface area contributed by atoms with Gasteiger partial charge in [-0.1, -0.05) is 29.3 Å². The predicted molar refractivity (Wildman–Crippen MR) is 120 cm³/mol. The van der Waals surface area contributed by atoms with E-state index >= 15 is 0 Å². The minimum absolute atomic E-state index is 0.0112. The van der Waals surface area contributed by atoms with E-state index in [1.54, 1.807) is 35.3 Å². The molecule has 1 aromatic carbocycles. The van der Waals surface area contributed by atoms with E-state index in [4.69, 9.17) is 27.9 Å². The average molecular weight is 475 g/mol. The second-order valence-corrected chi connectivity index (χ2v) is 8.64. The highest BCUT2D eigenvalue weighted by Crippen LogP contribution is 2.34. The highest BCUT2D eigenvalue weighted by atomic mass is 35.5. The van der Waals surface area contributed by atoms with Crippen LogP contribution in [0, 0.1) is 0 Å².